The lowest BCUT2D eigenvalue weighted by molar-refractivity contribution is 0.170. The first kappa shape index (κ1) is 13.0. The molecule has 0 saturated carbocycles. The summed E-state index contributed by atoms with van der Waals surface area (Å²) in [4.78, 5) is 10.9. The molecular weight excluding hydrogens is 242 g/mol. The lowest BCUT2D eigenvalue weighted by atomic mass is 10.2. The summed E-state index contributed by atoms with van der Waals surface area (Å²) in [7, 11) is 1.34. The number of nitrogens with one attached hydrogen (secondary N) is 1. The predicted octanol–water partition coefficient (Wildman–Crippen LogP) is 3.33. The molecule has 4 nitrogen and oxygen atoms in total. The average molecular weight is 257 g/mol. The highest BCUT2D eigenvalue weighted by Crippen LogP contribution is 2.20. The third-order valence-corrected chi connectivity index (χ3v) is 2.52. The second-order valence-electron chi connectivity index (χ2n) is 3.90. The number of hydrogen-bond acceptors (Lipinski definition) is 3. The molecular formula is C15H15NO3. The largest absolute Gasteiger partial charge is 0.457 e. The number of ether oxygens (including phenoxy) is 2. The zero-order valence-corrected chi connectivity index (χ0v) is 10.6. The number of benzene rings is 2. The van der Waals surface area contributed by atoms with Crippen molar-refractivity contribution in [2.45, 2.75) is 6.54 Å². The fraction of sp³-hybridized carbons (Fsp3) is 0.133. The summed E-state index contributed by atoms with van der Waals surface area (Å²) >= 11 is 0. The zero-order chi connectivity index (χ0) is 13.5. The Labute approximate surface area is 112 Å². The molecule has 19 heavy (non-hydrogen) atoms. The topological polar surface area (TPSA) is 47.6 Å². The highest BCUT2D eigenvalue weighted by atomic mass is 16.5. The molecule has 0 aliphatic heterocycles. The van der Waals surface area contributed by atoms with Gasteiger partial charge in [0.05, 0.1) is 7.11 Å². The summed E-state index contributed by atoms with van der Waals surface area (Å²) in [5.41, 5.74) is 0.978. The number of carbonyl (C=O) groups excluding carboxylic acids is 1. The Morgan fingerprint density at radius 2 is 1.63 bits per heavy atom. The van der Waals surface area contributed by atoms with Gasteiger partial charge in [-0.05, 0) is 29.8 Å². The standard InChI is InChI=1S/C15H15NO3/c1-18-15(17)16-11-12-7-9-14(10-8-12)19-13-5-3-2-4-6-13/h2-10H,11H2,1H3,(H,16,17). The van der Waals surface area contributed by atoms with E-state index in [0.29, 0.717) is 6.54 Å². The van der Waals surface area contributed by atoms with Crippen molar-refractivity contribution in [2.24, 2.45) is 0 Å². The van der Waals surface area contributed by atoms with Gasteiger partial charge < -0.3 is 14.8 Å². The maximum absolute atomic E-state index is 10.9. The maximum atomic E-state index is 10.9. The van der Waals surface area contributed by atoms with Gasteiger partial charge in [0, 0.05) is 6.54 Å². The molecule has 0 fully saturated rings. The minimum absolute atomic E-state index is 0.429. The lowest BCUT2D eigenvalue weighted by Gasteiger charge is -2.07. The molecule has 0 spiro atoms. The van der Waals surface area contributed by atoms with Crippen LogP contribution < -0.4 is 10.1 Å². The van der Waals surface area contributed by atoms with Gasteiger partial charge in [0.15, 0.2) is 0 Å². The Bertz CT molecular complexity index is 523. The van der Waals surface area contributed by atoms with E-state index in [0.717, 1.165) is 17.1 Å². The van der Waals surface area contributed by atoms with E-state index in [9.17, 15) is 4.79 Å². The van der Waals surface area contributed by atoms with E-state index in [1.54, 1.807) is 0 Å². The molecule has 0 aliphatic carbocycles. The van der Waals surface area contributed by atoms with E-state index in [2.05, 4.69) is 10.1 Å². The lowest BCUT2D eigenvalue weighted by Crippen LogP contribution is -2.22. The van der Waals surface area contributed by atoms with Gasteiger partial charge in [0.25, 0.3) is 0 Å². The second kappa shape index (κ2) is 6.44. The van der Waals surface area contributed by atoms with Crippen molar-refractivity contribution in [1.82, 2.24) is 5.32 Å². The van der Waals surface area contributed by atoms with Gasteiger partial charge >= 0.3 is 6.09 Å². The molecule has 2 aromatic rings. The van der Waals surface area contributed by atoms with Crippen LogP contribution in [0.15, 0.2) is 54.6 Å². The fourth-order valence-corrected chi connectivity index (χ4v) is 1.55. The summed E-state index contributed by atoms with van der Waals surface area (Å²) in [5, 5.41) is 2.62. The van der Waals surface area contributed by atoms with E-state index < -0.39 is 6.09 Å². The molecule has 0 atom stereocenters. The van der Waals surface area contributed by atoms with E-state index in [4.69, 9.17) is 4.74 Å². The monoisotopic (exact) mass is 257 g/mol. The number of para-hydroxylation sites is 1. The Morgan fingerprint density at radius 1 is 1.00 bits per heavy atom. The van der Waals surface area contributed by atoms with Crippen molar-refractivity contribution in [3.05, 3.63) is 60.2 Å². The molecule has 2 aromatic carbocycles. The fourth-order valence-electron chi connectivity index (χ4n) is 1.55. The van der Waals surface area contributed by atoms with Crippen LogP contribution in [0.1, 0.15) is 5.56 Å². The Hall–Kier alpha value is -2.49. The van der Waals surface area contributed by atoms with Gasteiger partial charge in [-0.2, -0.15) is 0 Å². The van der Waals surface area contributed by atoms with Crippen LogP contribution in [0.2, 0.25) is 0 Å². The maximum Gasteiger partial charge on any atom is 0.407 e. The van der Waals surface area contributed by atoms with Crippen molar-refractivity contribution in [2.75, 3.05) is 7.11 Å². The molecule has 4 heteroatoms. The van der Waals surface area contributed by atoms with Crippen molar-refractivity contribution in [3.63, 3.8) is 0 Å². The molecule has 98 valence electrons. The summed E-state index contributed by atoms with van der Waals surface area (Å²) in [5.74, 6) is 1.55. The van der Waals surface area contributed by atoms with Gasteiger partial charge in [-0.15, -0.1) is 0 Å². The number of amides is 1. The van der Waals surface area contributed by atoms with Crippen LogP contribution in [-0.4, -0.2) is 13.2 Å². The quantitative estimate of drug-likeness (QED) is 0.913. The zero-order valence-electron chi connectivity index (χ0n) is 10.6. The van der Waals surface area contributed by atoms with Gasteiger partial charge in [-0.1, -0.05) is 30.3 Å². The molecule has 0 aliphatic rings. The Balaban J connectivity index is 1.93. The molecule has 0 unspecified atom stereocenters. The summed E-state index contributed by atoms with van der Waals surface area (Å²) in [6.45, 7) is 0.429. The van der Waals surface area contributed by atoms with Crippen molar-refractivity contribution < 1.29 is 14.3 Å². The van der Waals surface area contributed by atoms with E-state index in [1.807, 2.05) is 54.6 Å². The predicted molar refractivity (Wildman–Crippen MR) is 72.2 cm³/mol. The molecule has 0 aromatic heterocycles. The van der Waals surface area contributed by atoms with Crippen LogP contribution in [0.5, 0.6) is 11.5 Å². The smallest absolute Gasteiger partial charge is 0.407 e. The van der Waals surface area contributed by atoms with Gasteiger partial charge in [-0.25, -0.2) is 4.79 Å². The van der Waals surface area contributed by atoms with E-state index in [1.165, 1.54) is 7.11 Å². The summed E-state index contributed by atoms with van der Waals surface area (Å²) < 4.78 is 10.2. The normalized spacial score (nSPS) is 9.74. The molecule has 0 saturated heterocycles. The van der Waals surface area contributed by atoms with Gasteiger partial charge in [-0.3, -0.25) is 0 Å². The molecule has 0 radical (unpaired) electrons. The van der Waals surface area contributed by atoms with E-state index >= 15 is 0 Å². The number of alkyl carbamates (subject to hydrolysis) is 1. The van der Waals surface area contributed by atoms with Crippen molar-refractivity contribution >= 4 is 6.09 Å². The molecule has 1 amide bonds. The van der Waals surface area contributed by atoms with Crippen LogP contribution in [0.3, 0.4) is 0 Å². The molecule has 0 bridgehead atoms. The van der Waals surface area contributed by atoms with E-state index in [-0.39, 0.29) is 0 Å². The van der Waals surface area contributed by atoms with Crippen LogP contribution in [-0.2, 0) is 11.3 Å². The van der Waals surface area contributed by atoms with Crippen molar-refractivity contribution in [3.8, 4) is 11.5 Å². The molecule has 1 N–H and O–H groups in total. The first-order valence-corrected chi connectivity index (χ1v) is 5.91. The first-order valence-electron chi connectivity index (χ1n) is 5.91. The minimum Gasteiger partial charge on any atom is -0.457 e. The summed E-state index contributed by atoms with van der Waals surface area (Å²) in [6.07, 6.45) is -0.440. The van der Waals surface area contributed by atoms with Crippen LogP contribution >= 0.6 is 0 Å². The SMILES string of the molecule is COC(=O)NCc1ccc(Oc2ccccc2)cc1. The van der Waals surface area contributed by atoms with Crippen LogP contribution in [0.25, 0.3) is 0 Å². The molecule has 2 rings (SSSR count). The third-order valence-electron chi connectivity index (χ3n) is 2.52. The Morgan fingerprint density at radius 3 is 2.26 bits per heavy atom. The van der Waals surface area contributed by atoms with Crippen LogP contribution in [0.4, 0.5) is 4.79 Å². The van der Waals surface area contributed by atoms with Crippen LogP contribution in [0, 0.1) is 0 Å². The van der Waals surface area contributed by atoms with Gasteiger partial charge in [0.2, 0.25) is 0 Å². The van der Waals surface area contributed by atoms with Crippen molar-refractivity contribution in [1.29, 1.82) is 0 Å². The first-order chi connectivity index (χ1) is 9.28. The highest BCUT2D eigenvalue weighted by molar-refractivity contribution is 5.66. The third kappa shape index (κ3) is 4.03. The Kier molecular flexibility index (Phi) is 4.39. The highest BCUT2D eigenvalue weighted by Gasteiger charge is 2.00. The number of hydrogen-bond donors (Lipinski definition) is 1. The van der Waals surface area contributed by atoms with Gasteiger partial charge in [0.1, 0.15) is 11.5 Å². The second-order valence-corrected chi connectivity index (χ2v) is 3.90. The number of methoxy groups -OCH3 is 1. The minimum atomic E-state index is -0.440. The molecule has 0 heterocycles. The number of carbonyl (C=O) groups is 1. The summed E-state index contributed by atoms with van der Waals surface area (Å²) in [6, 6.07) is 17.1. The average Bonchev–Trinajstić information content (AvgIpc) is 2.47. The number of rotatable bonds is 4.